The number of halogens is 1. The molecule has 0 atom stereocenters. The zero-order chi connectivity index (χ0) is 23.9. The molecule has 1 aliphatic heterocycles. The lowest BCUT2D eigenvalue weighted by Crippen LogP contribution is -2.45. The number of fused-ring (bicyclic) bond motifs is 1. The van der Waals surface area contributed by atoms with Crippen molar-refractivity contribution < 1.29 is 18.7 Å². The topological polar surface area (TPSA) is 61.9 Å². The summed E-state index contributed by atoms with van der Waals surface area (Å²) in [5, 5.41) is 2.89. The molecule has 0 aliphatic carbocycles. The fourth-order valence-corrected chi connectivity index (χ4v) is 3.79. The third kappa shape index (κ3) is 5.26. The molecule has 0 saturated carbocycles. The van der Waals surface area contributed by atoms with Crippen LogP contribution in [0.4, 0.5) is 15.8 Å². The van der Waals surface area contributed by atoms with E-state index in [1.807, 2.05) is 30.3 Å². The van der Waals surface area contributed by atoms with Crippen molar-refractivity contribution in [2.24, 2.45) is 0 Å². The van der Waals surface area contributed by atoms with Crippen molar-refractivity contribution in [2.45, 2.75) is 6.92 Å². The highest BCUT2D eigenvalue weighted by Crippen LogP contribution is 2.35. The van der Waals surface area contributed by atoms with Crippen molar-refractivity contribution >= 4 is 29.3 Å². The van der Waals surface area contributed by atoms with Gasteiger partial charge >= 0.3 is 0 Å². The van der Waals surface area contributed by atoms with E-state index < -0.39 is 11.7 Å². The normalized spacial score (nSPS) is 13.9. The Hall–Kier alpha value is -4.13. The number of hydrogen-bond acceptors (Lipinski definition) is 4. The Morgan fingerprint density at radius 3 is 2.50 bits per heavy atom. The van der Waals surface area contributed by atoms with Crippen LogP contribution in [-0.4, -0.2) is 38.0 Å². The summed E-state index contributed by atoms with van der Waals surface area (Å²) >= 11 is 0. The quantitative estimate of drug-likeness (QED) is 0.512. The van der Waals surface area contributed by atoms with Gasteiger partial charge in [0.2, 0.25) is 5.91 Å². The van der Waals surface area contributed by atoms with Crippen LogP contribution >= 0.6 is 0 Å². The number of likely N-dealkylation sites (N-methyl/N-ethyl adjacent to an activating group) is 1. The third-order valence-corrected chi connectivity index (χ3v) is 5.53. The molecule has 0 radical (unpaired) electrons. The van der Waals surface area contributed by atoms with E-state index in [1.54, 1.807) is 42.5 Å². The van der Waals surface area contributed by atoms with Crippen molar-refractivity contribution in [3.63, 3.8) is 0 Å². The number of anilines is 2. The molecule has 0 saturated heterocycles. The molecular weight excluding hydrogens is 433 g/mol. The fourth-order valence-electron chi connectivity index (χ4n) is 3.79. The number of benzene rings is 3. The second kappa shape index (κ2) is 10.7. The van der Waals surface area contributed by atoms with Crippen molar-refractivity contribution in [3.05, 3.63) is 96.0 Å². The summed E-state index contributed by atoms with van der Waals surface area (Å²) in [7, 11) is 0. The minimum atomic E-state index is -0.503. The summed E-state index contributed by atoms with van der Waals surface area (Å²) in [6.07, 6.45) is 1.36. The van der Waals surface area contributed by atoms with Gasteiger partial charge in [-0.2, -0.15) is 0 Å². The first-order valence-corrected chi connectivity index (χ1v) is 11.2. The number of carbonyl (C=O) groups is 2. The van der Waals surface area contributed by atoms with Gasteiger partial charge < -0.3 is 15.0 Å². The van der Waals surface area contributed by atoms with Crippen LogP contribution in [0.5, 0.6) is 5.75 Å². The van der Waals surface area contributed by atoms with Crippen LogP contribution in [-0.2, 0) is 9.59 Å². The number of amides is 2. The van der Waals surface area contributed by atoms with Gasteiger partial charge in [0.15, 0.2) is 11.5 Å². The highest BCUT2D eigenvalue weighted by atomic mass is 19.1. The fraction of sp³-hybridized carbons (Fsp3) is 0.185. The lowest BCUT2D eigenvalue weighted by atomic mass is 10.1. The Morgan fingerprint density at radius 2 is 1.74 bits per heavy atom. The van der Waals surface area contributed by atoms with Gasteiger partial charge in [-0.05, 0) is 43.3 Å². The van der Waals surface area contributed by atoms with Crippen LogP contribution in [0.25, 0.3) is 6.08 Å². The molecule has 34 heavy (non-hydrogen) atoms. The third-order valence-electron chi connectivity index (χ3n) is 5.53. The molecule has 6 nitrogen and oxygen atoms in total. The second-order valence-electron chi connectivity index (χ2n) is 7.76. The molecule has 3 aromatic carbocycles. The van der Waals surface area contributed by atoms with Crippen LogP contribution in [0.3, 0.4) is 0 Å². The minimum absolute atomic E-state index is 0.0437. The van der Waals surface area contributed by atoms with Gasteiger partial charge in [0.05, 0.1) is 5.69 Å². The van der Waals surface area contributed by atoms with Crippen LogP contribution in [0.1, 0.15) is 12.5 Å². The Morgan fingerprint density at radius 1 is 1.03 bits per heavy atom. The monoisotopic (exact) mass is 459 g/mol. The SMILES string of the molecule is CCN(CCNC(=O)CN1C(=O)/C(=C/c2ccccc2F)Oc2ccccc21)c1ccccc1. The van der Waals surface area contributed by atoms with Crippen LogP contribution in [0.15, 0.2) is 84.6 Å². The molecule has 0 unspecified atom stereocenters. The van der Waals surface area contributed by atoms with Gasteiger partial charge in [-0.15, -0.1) is 0 Å². The van der Waals surface area contributed by atoms with Gasteiger partial charge in [0.1, 0.15) is 12.4 Å². The maximum Gasteiger partial charge on any atom is 0.294 e. The number of rotatable bonds is 8. The van der Waals surface area contributed by atoms with E-state index in [0.717, 1.165) is 12.2 Å². The van der Waals surface area contributed by atoms with Crippen LogP contribution in [0, 0.1) is 5.82 Å². The summed E-state index contributed by atoms with van der Waals surface area (Å²) in [4.78, 5) is 29.4. The number of para-hydroxylation sites is 3. The summed E-state index contributed by atoms with van der Waals surface area (Å²) in [6, 6.07) is 23.1. The summed E-state index contributed by atoms with van der Waals surface area (Å²) in [5.41, 5.74) is 1.81. The van der Waals surface area contributed by atoms with E-state index in [4.69, 9.17) is 4.74 Å². The molecule has 0 fully saturated rings. The molecule has 4 rings (SSSR count). The molecule has 7 heteroatoms. The van der Waals surface area contributed by atoms with Crippen molar-refractivity contribution in [1.29, 1.82) is 0 Å². The smallest absolute Gasteiger partial charge is 0.294 e. The minimum Gasteiger partial charge on any atom is -0.449 e. The molecule has 1 N–H and O–H groups in total. The number of carbonyl (C=O) groups excluding carboxylic acids is 2. The van der Waals surface area contributed by atoms with Crippen LogP contribution < -0.4 is 19.9 Å². The molecule has 0 aromatic heterocycles. The van der Waals surface area contributed by atoms with E-state index in [2.05, 4.69) is 17.1 Å². The Balaban J connectivity index is 1.46. The Labute approximate surface area is 198 Å². The summed E-state index contributed by atoms with van der Waals surface area (Å²) in [6.45, 7) is 3.75. The maximum atomic E-state index is 14.1. The summed E-state index contributed by atoms with van der Waals surface area (Å²) < 4.78 is 19.9. The largest absolute Gasteiger partial charge is 0.449 e. The zero-order valence-electron chi connectivity index (χ0n) is 18.9. The van der Waals surface area contributed by atoms with Gasteiger partial charge in [-0.1, -0.05) is 48.5 Å². The van der Waals surface area contributed by atoms with E-state index >= 15 is 0 Å². The summed E-state index contributed by atoms with van der Waals surface area (Å²) in [5.74, 6) is -0.874. The predicted molar refractivity (Wildman–Crippen MR) is 131 cm³/mol. The number of nitrogens with zero attached hydrogens (tertiary/aromatic N) is 2. The van der Waals surface area contributed by atoms with E-state index in [0.29, 0.717) is 24.5 Å². The van der Waals surface area contributed by atoms with Crippen LogP contribution in [0.2, 0.25) is 0 Å². The average molecular weight is 460 g/mol. The molecule has 1 heterocycles. The molecule has 0 spiro atoms. The van der Waals surface area contributed by atoms with Crippen molar-refractivity contribution in [2.75, 3.05) is 36.0 Å². The standard InChI is InChI=1S/C27H26FN3O3/c1-2-30(21-11-4-3-5-12-21)17-16-29-26(32)19-31-23-14-8-9-15-24(23)34-25(27(31)33)18-20-10-6-7-13-22(20)28/h3-15,18H,2,16-17,19H2,1H3,(H,29,32)/b25-18-. The molecule has 0 bridgehead atoms. The highest BCUT2D eigenvalue weighted by Gasteiger charge is 2.31. The molecule has 3 aromatic rings. The van der Waals surface area contributed by atoms with Gasteiger partial charge in [-0.25, -0.2) is 4.39 Å². The predicted octanol–water partition coefficient (Wildman–Crippen LogP) is 4.23. The maximum absolute atomic E-state index is 14.1. The lowest BCUT2D eigenvalue weighted by molar-refractivity contribution is -0.123. The lowest BCUT2D eigenvalue weighted by Gasteiger charge is -2.30. The van der Waals surface area contributed by atoms with Crippen molar-refractivity contribution in [1.82, 2.24) is 5.32 Å². The molecule has 1 aliphatic rings. The second-order valence-corrected chi connectivity index (χ2v) is 7.76. The molecule has 174 valence electrons. The zero-order valence-corrected chi connectivity index (χ0v) is 18.9. The van der Waals surface area contributed by atoms with Gasteiger partial charge in [0, 0.05) is 30.9 Å². The first-order valence-electron chi connectivity index (χ1n) is 11.2. The average Bonchev–Trinajstić information content (AvgIpc) is 2.86. The first kappa shape index (κ1) is 23.0. The van der Waals surface area contributed by atoms with Gasteiger partial charge in [0.25, 0.3) is 5.91 Å². The molecular formula is C27H26FN3O3. The highest BCUT2D eigenvalue weighted by molar-refractivity contribution is 6.12. The Bertz CT molecular complexity index is 1200. The van der Waals surface area contributed by atoms with E-state index in [-0.39, 0.29) is 23.8 Å². The number of nitrogens with one attached hydrogen (secondary N) is 1. The van der Waals surface area contributed by atoms with E-state index in [9.17, 15) is 14.0 Å². The van der Waals surface area contributed by atoms with Gasteiger partial charge in [-0.3, -0.25) is 14.5 Å². The number of hydrogen-bond donors (Lipinski definition) is 1. The number of ether oxygens (including phenoxy) is 1. The van der Waals surface area contributed by atoms with Crippen molar-refractivity contribution in [3.8, 4) is 5.75 Å². The van der Waals surface area contributed by atoms with E-state index in [1.165, 1.54) is 17.0 Å². The first-order chi connectivity index (χ1) is 16.6. The molecule has 2 amide bonds. The Kier molecular flexibility index (Phi) is 7.22.